The number of ether oxygens (including phenoxy) is 3. The predicted octanol–water partition coefficient (Wildman–Crippen LogP) is 1.20. The first-order valence-electron chi connectivity index (χ1n) is 27.6. The van der Waals surface area contributed by atoms with Crippen molar-refractivity contribution in [2.75, 3.05) is 90.1 Å². The van der Waals surface area contributed by atoms with Gasteiger partial charge in [0.05, 0.1) is 50.5 Å². The first-order chi connectivity index (χ1) is 38.9. The number of carboxylic acid groups (broad SMARTS) is 1. The standard InChI is InChI=1S/C51H81F3N12O14S/c52-51(53,54)49(76)66-65-39-17-15-35(33-61-39)47(74)60-26-25-58-42(69)18-16-36(62-44(71)14-4-2-8-21-55-40(67)12-3-1-7-22-56-43(70)19-20-45(72)73)48(75)59-24-10-28-79-30-32-80-31-29-78-27-9-23-57-41(68)13-6-5-11-38-46-37(34-81-38)63-50(77)64-46/h15,17,33,36-38,46H,1-14,16,18-32,34H2,(H,55,67)(H,56,70)(H,57,68)(H,58,69)(H,59,75)(H,60,74)(H,61,65)(H,62,71)(H,66,76)(H,72,73)(H2,63,64,77)/t36-,37-,38-,46-/m0/s1. The van der Waals surface area contributed by atoms with Gasteiger partial charge in [-0.05, 0) is 69.9 Å². The zero-order chi connectivity index (χ0) is 59.1. The maximum absolute atomic E-state index is 13.3. The van der Waals surface area contributed by atoms with Gasteiger partial charge in [-0.15, -0.1) is 0 Å². The van der Waals surface area contributed by atoms with Crippen molar-refractivity contribution in [3.63, 3.8) is 0 Å². The van der Waals surface area contributed by atoms with Crippen LogP contribution in [0.2, 0.25) is 0 Å². The molecule has 26 nitrogen and oxygen atoms in total. The Labute approximate surface area is 473 Å². The number of anilines is 1. The highest BCUT2D eigenvalue weighted by Crippen LogP contribution is 2.33. The largest absolute Gasteiger partial charge is 0.481 e. The molecular weight excluding hydrogens is 1090 g/mol. The number of carbonyl (C=O) groups is 10. The maximum Gasteiger partial charge on any atom is 0.472 e. The SMILES string of the molecule is O=C(O)CCC(=O)NCCCCCC(=O)NCCCCCC(=O)N[C@@H](CCC(=O)NCCNC(=O)c1ccc(NNC(=O)C(F)(F)F)nc1)C(=O)NCCCOCCOCCOCCCNC(=O)CCCC[C@@H]1SC[C@@H]2NC(=O)N[C@@H]21. The smallest absolute Gasteiger partial charge is 0.472 e. The van der Waals surface area contributed by atoms with Gasteiger partial charge in [0.25, 0.3) is 5.91 Å². The van der Waals surface area contributed by atoms with Crippen LogP contribution in [-0.4, -0.2) is 184 Å². The van der Waals surface area contributed by atoms with E-state index < -0.39 is 47.7 Å². The second kappa shape index (κ2) is 40.6. The summed E-state index contributed by atoms with van der Waals surface area (Å²) in [7, 11) is 0. The van der Waals surface area contributed by atoms with Crippen LogP contribution in [0.3, 0.4) is 0 Å². The van der Waals surface area contributed by atoms with Crippen molar-refractivity contribution in [1.29, 1.82) is 0 Å². The third-order valence-corrected chi connectivity index (χ3v) is 13.9. The lowest BCUT2D eigenvalue weighted by molar-refractivity contribution is -0.173. The molecular formula is C51H81F3N12O14S. The number of carbonyl (C=O) groups excluding carboxylic acids is 9. The van der Waals surface area contributed by atoms with E-state index in [1.807, 2.05) is 17.2 Å². The zero-order valence-electron chi connectivity index (χ0n) is 45.7. The van der Waals surface area contributed by atoms with E-state index >= 15 is 0 Å². The fraction of sp³-hybridized carbons (Fsp3) is 0.706. The third-order valence-electron chi connectivity index (χ3n) is 12.4. The number of nitrogens with one attached hydrogen (secondary N) is 11. The van der Waals surface area contributed by atoms with Crippen molar-refractivity contribution in [2.45, 2.75) is 145 Å². The van der Waals surface area contributed by atoms with Gasteiger partial charge in [-0.1, -0.05) is 19.3 Å². The molecule has 456 valence electrons. The van der Waals surface area contributed by atoms with E-state index in [9.17, 15) is 61.1 Å². The summed E-state index contributed by atoms with van der Waals surface area (Å²) in [5.41, 5.74) is 3.47. The number of amides is 10. The van der Waals surface area contributed by atoms with E-state index in [1.165, 1.54) is 17.6 Å². The predicted molar refractivity (Wildman–Crippen MR) is 290 cm³/mol. The first-order valence-corrected chi connectivity index (χ1v) is 28.6. The minimum atomic E-state index is -5.11. The van der Waals surface area contributed by atoms with Gasteiger partial charge in [0.15, 0.2) is 0 Å². The molecule has 2 aliphatic heterocycles. The maximum atomic E-state index is 13.3. The van der Waals surface area contributed by atoms with Crippen LogP contribution in [0.15, 0.2) is 18.3 Å². The molecule has 4 atom stereocenters. The number of hydrazine groups is 1. The number of aliphatic carboxylic acids is 1. The molecule has 81 heavy (non-hydrogen) atoms. The van der Waals surface area contributed by atoms with Gasteiger partial charge in [-0.2, -0.15) is 24.9 Å². The Hall–Kier alpha value is -6.53. The fourth-order valence-corrected chi connectivity index (χ4v) is 9.56. The van der Waals surface area contributed by atoms with Crippen LogP contribution in [-0.2, 0) is 52.6 Å². The van der Waals surface area contributed by atoms with Gasteiger partial charge >= 0.3 is 24.1 Å². The van der Waals surface area contributed by atoms with Gasteiger partial charge in [-0.25, -0.2) is 9.78 Å². The van der Waals surface area contributed by atoms with Crippen molar-refractivity contribution in [3.05, 3.63) is 23.9 Å². The fourth-order valence-electron chi connectivity index (χ4n) is 8.02. The first kappa shape index (κ1) is 68.7. The van der Waals surface area contributed by atoms with Crippen molar-refractivity contribution < 1.29 is 80.4 Å². The number of unbranched alkanes of at least 4 members (excludes halogenated alkanes) is 5. The minimum absolute atomic E-state index is 0.00225. The number of thioether (sulfide) groups is 1. The Kier molecular flexibility index (Phi) is 34.5. The molecule has 3 rings (SSSR count). The lowest BCUT2D eigenvalue weighted by Crippen LogP contribution is -2.47. The number of fused-ring (bicyclic) bond motifs is 1. The molecule has 2 aliphatic rings. The quantitative estimate of drug-likeness (QED) is 0.0248. The number of aromatic nitrogens is 1. The normalized spacial score (nSPS) is 15.7. The molecule has 1 aromatic rings. The Bertz CT molecular complexity index is 2140. The topological polar surface area (TPSA) is 364 Å². The van der Waals surface area contributed by atoms with Gasteiger partial charge in [0, 0.05) is 102 Å². The number of nitrogens with zero attached hydrogens (tertiary/aromatic N) is 1. The molecule has 10 amide bonds. The molecule has 2 saturated heterocycles. The van der Waals surface area contributed by atoms with E-state index in [0.717, 1.165) is 31.2 Å². The van der Waals surface area contributed by atoms with Gasteiger partial charge in [-0.3, -0.25) is 54.0 Å². The van der Waals surface area contributed by atoms with Crippen LogP contribution in [0.5, 0.6) is 0 Å². The molecule has 0 radical (unpaired) electrons. The van der Waals surface area contributed by atoms with E-state index in [-0.39, 0.29) is 99.0 Å². The third kappa shape index (κ3) is 32.5. The number of hydrogen-bond acceptors (Lipinski definition) is 16. The number of alkyl halides is 3. The lowest BCUT2D eigenvalue weighted by Gasteiger charge is -2.19. The van der Waals surface area contributed by atoms with E-state index in [0.29, 0.717) is 129 Å². The van der Waals surface area contributed by atoms with Crippen LogP contribution in [0, 0.1) is 0 Å². The number of urea groups is 1. The summed E-state index contributed by atoms with van der Waals surface area (Å²) in [5, 5.41) is 34.0. The number of rotatable bonds is 45. The Balaban J connectivity index is 1.26. The van der Waals surface area contributed by atoms with Crippen molar-refractivity contribution >= 4 is 76.8 Å². The van der Waals surface area contributed by atoms with Crippen molar-refractivity contribution in [1.82, 2.24) is 58.3 Å². The van der Waals surface area contributed by atoms with E-state index in [1.54, 1.807) is 0 Å². The summed E-state index contributed by atoms with van der Waals surface area (Å²) in [6.45, 7) is 3.69. The average Bonchev–Trinajstić information content (AvgIpc) is 3.99. The molecule has 0 bridgehead atoms. The highest BCUT2D eigenvalue weighted by molar-refractivity contribution is 8.00. The molecule has 12 N–H and O–H groups in total. The molecule has 0 saturated carbocycles. The van der Waals surface area contributed by atoms with Crippen LogP contribution < -0.4 is 58.7 Å². The molecule has 2 fully saturated rings. The van der Waals surface area contributed by atoms with Crippen LogP contribution >= 0.6 is 11.8 Å². The Morgan fingerprint density at radius 1 is 0.617 bits per heavy atom. The molecule has 3 heterocycles. The molecule has 1 aromatic heterocycles. The van der Waals surface area contributed by atoms with Gasteiger partial charge < -0.3 is 67.2 Å². The summed E-state index contributed by atoms with van der Waals surface area (Å²) >= 11 is 1.87. The van der Waals surface area contributed by atoms with E-state index in [4.69, 9.17) is 19.3 Å². The molecule has 0 unspecified atom stereocenters. The second-order valence-corrected chi connectivity index (χ2v) is 20.3. The summed E-state index contributed by atoms with van der Waals surface area (Å²) in [5.74, 6) is -4.92. The van der Waals surface area contributed by atoms with Crippen LogP contribution in [0.1, 0.15) is 126 Å². The minimum Gasteiger partial charge on any atom is -0.481 e. The highest BCUT2D eigenvalue weighted by atomic mass is 32.2. The molecule has 0 spiro atoms. The van der Waals surface area contributed by atoms with Crippen LogP contribution in [0.4, 0.5) is 23.8 Å². The van der Waals surface area contributed by atoms with Crippen molar-refractivity contribution in [3.8, 4) is 0 Å². The van der Waals surface area contributed by atoms with Crippen LogP contribution in [0.25, 0.3) is 0 Å². The number of halogens is 3. The lowest BCUT2D eigenvalue weighted by atomic mass is 10.0. The average molecular weight is 1180 g/mol. The summed E-state index contributed by atoms with van der Waals surface area (Å²) < 4.78 is 53.9. The summed E-state index contributed by atoms with van der Waals surface area (Å²) in [6, 6.07) is 1.65. The number of pyridine rings is 1. The zero-order valence-corrected chi connectivity index (χ0v) is 46.5. The Morgan fingerprint density at radius 3 is 1.77 bits per heavy atom. The number of carboxylic acids is 1. The molecule has 30 heteroatoms. The summed E-state index contributed by atoms with van der Waals surface area (Å²) in [4.78, 5) is 124. The molecule has 0 aliphatic carbocycles. The van der Waals surface area contributed by atoms with Gasteiger partial charge in [0.2, 0.25) is 35.4 Å². The number of hydrogen-bond donors (Lipinski definition) is 12. The molecule has 0 aromatic carbocycles. The highest BCUT2D eigenvalue weighted by Gasteiger charge is 2.42. The second-order valence-electron chi connectivity index (χ2n) is 19.0. The van der Waals surface area contributed by atoms with Gasteiger partial charge in [0.1, 0.15) is 11.9 Å². The monoisotopic (exact) mass is 1170 g/mol. The van der Waals surface area contributed by atoms with Crippen molar-refractivity contribution in [2.24, 2.45) is 0 Å². The summed E-state index contributed by atoms with van der Waals surface area (Å²) in [6.07, 6.45) is 3.79. The van der Waals surface area contributed by atoms with E-state index in [2.05, 4.69) is 52.8 Å². The Morgan fingerprint density at radius 2 is 1.16 bits per heavy atom.